The highest BCUT2D eigenvalue weighted by Gasteiger charge is 2.47. The first-order valence-corrected chi connectivity index (χ1v) is 5.46. The second-order valence-electron chi connectivity index (χ2n) is 4.54. The second-order valence-corrected chi connectivity index (χ2v) is 4.54. The third-order valence-corrected chi connectivity index (χ3v) is 3.49. The maximum absolute atomic E-state index is 13.2. The molecule has 1 aromatic rings. The predicted octanol–water partition coefficient (Wildman–Crippen LogP) is 2.37. The molecule has 2 saturated heterocycles. The normalized spacial score (nSPS) is 38.5. The number of aryl methyl sites for hydroxylation is 1. The lowest BCUT2D eigenvalue weighted by Gasteiger charge is -2.20. The monoisotopic (exact) mass is 207 g/mol. The summed E-state index contributed by atoms with van der Waals surface area (Å²) in [6.07, 6.45) is 2.41. The van der Waals surface area contributed by atoms with Gasteiger partial charge in [-0.3, -0.25) is 4.98 Å². The Bertz CT molecular complexity index is 380. The molecule has 2 aliphatic rings. The fraction of sp³-hybridized carbons (Fsp3) is 0.583. The fourth-order valence-corrected chi connectivity index (χ4v) is 2.75. The van der Waals surface area contributed by atoms with Gasteiger partial charge in [-0.05, 0) is 31.0 Å². The van der Waals surface area contributed by atoms with Gasteiger partial charge >= 0.3 is 0 Å². The van der Waals surface area contributed by atoms with Crippen LogP contribution in [-0.2, 0) is 4.74 Å². The summed E-state index contributed by atoms with van der Waals surface area (Å²) >= 11 is 0. The minimum atomic E-state index is -0.741. The predicted molar refractivity (Wildman–Crippen MR) is 54.5 cm³/mol. The quantitative estimate of drug-likeness (QED) is 0.705. The molecule has 3 heterocycles. The zero-order valence-corrected chi connectivity index (χ0v) is 8.69. The van der Waals surface area contributed by atoms with E-state index < -0.39 is 6.17 Å². The Morgan fingerprint density at radius 1 is 1.40 bits per heavy atom. The number of hydrogen-bond donors (Lipinski definition) is 0. The minimum Gasteiger partial charge on any atom is -0.371 e. The van der Waals surface area contributed by atoms with Gasteiger partial charge in [-0.2, -0.15) is 0 Å². The zero-order chi connectivity index (χ0) is 10.4. The van der Waals surface area contributed by atoms with Gasteiger partial charge in [-0.25, -0.2) is 4.39 Å². The van der Waals surface area contributed by atoms with Crippen LogP contribution in [0.3, 0.4) is 0 Å². The molecule has 4 atom stereocenters. The first kappa shape index (κ1) is 9.28. The summed E-state index contributed by atoms with van der Waals surface area (Å²) in [7, 11) is 0. The second kappa shape index (κ2) is 3.27. The number of pyridine rings is 1. The minimum absolute atomic E-state index is 0.0896. The molecule has 0 aliphatic carbocycles. The topological polar surface area (TPSA) is 22.1 Å². The van der Waals surface area contributed by atoms with Crippen LogP contribution in [0, 0.1) is 6.92 Å². The lowest BCUT2D eigenvalue weighted by Crippen LogP contribution is -2.22. The molecule has 0 N–H and O–H groups in total. The van der Waals surface area contributed by atoms with Gasteiger partial charge < -0.3 is 4.74 Å². The van der Waals surface area contributed by atoms with Gasteiger partial charge in [0.1, 0.15) is 6.17 Å². The number of fused-ring (bicyclic) bond motifs is 2. The van der Waals surface area contributed by atoms with E-state index in [4.69, 9.17) is 4.74 Å². The van der Waals surface area contributed by atoms with Crippen LogP contribution in [0.2, 0.25) is 0 Å². The Morgan fingerprint density at radius 2 is 2.27 bits per heavy atom. The van der Waals surface area contributed by atoms with Crippen molar-refractivity contribution in [1.82, 2.24) is 4.98 Å². The lowest BCUT2D eigenvalue weighted by molar-refractivity contribution is 0.0819. The summed E-state index contributed by atoms with van der Waals surface area (Å²) in [5, 5.41) is 0. The van der Waals surface area contributed by atoms with Crippen LogP contribution in [-0.4, -0.2) is 23.4 Å². The first-order chi connectivity index (χ1) is 7.24. The maximum atomic E-state index is 13.2. The van der Waals surface area contributed by atoms with Crippen LogP contribution in [0.4, 0.5) is 4.39 Å². The molecule has 1 aromatic heterocycles. The highest BCUT2D eigenvalue weighted by Crippen LogP contribution is 2.45. The van der Waals surface area contributed by atoms with Gasteiger partial charge in [-0.15, -0.1) is 0 Å². The zero-order valence-electron chi connectivity index (χ0n) is 8.69. The van der Waals surface area contributed by atoms with E-state index in [1.54, 1.807) is 0 Å². The van der Waals surface area contributed by atoms with Crippen molar-refractivity contribution in [2.45, 2.75) is 44.1 Å². The van der Waals surface area contributed by atoms with Gasteiger partial charge in [-0.1, -0.05) is 0 Å². The fourth-order valence-electron chi connectivity index (χ4n) is 2.75. The van der Waals surface area contributed by atoms with Crippen molar-refractivity contribution in [2.75, 3.05) is 0 Å². The molecule has 0 radical (unpaired) electrons. The van der Waals surface area contributed by atoms with Crippen molar-refractivity contribution in [1.29, 1.82) is 0 Å². The SMILES string of the molecule is Cc1cc(C2CC3OC2CC3F)ccn1. The van der Waals surface area contributed by atoms with Gasteiger partial charge in [0, 0.05) is 24.2 Å². The lowest BCUT2D eigenvalue weighted by atomic mass is 9.83. The molecule has 2 nitrogen and oxygen atoms in total. The van der Waals surface area contributed by atoms with Crippen molar-refractivity contribution < 1.29 is 9.13 Å². The van der Waals surface area contributed by atoms with Crippen molar-refractivity contribution in [2.24, 2.45) is 0 Å². The van der Waals surface area contributed by atoms with Gasteiger partial charge in [0.2, 0.25) is 0 Å². The molecule has 2 aliphatic heterocycles. The molecular weight excluding hydrogens is 193 g/mol. The Morgan fingerprint density at radius 3 is 2.87 bits per heavy atom. The molecule has 0 aromatic carbocycles. The number of hydrogen-bond acceptors (Lipinski definition) is 2. The van der Waals surface area contributed by atoms with E-state index in [0.29, 0.717) is 12.3 Å². The van der Waals surface area contributed by atoms with E-state index in [0.717, 1.165) is 12.1 Å². The van der Waals surface area contributed by atoms with Crippen LogP contribution in [0.15, 0.2) is 18.3 Å². The van der Waals surface area contributed by atoms with Crippen LogP contribution in [0.5, 0.6) is 0 Å². The molecule has 0 saturated carbocycles. The van der Waals surface area contributed by atoms with E-state index >= 15 is 0 Å². The highest BCUT2D eigenvalue weighted by atomic mass is 19.1. The van der Waals surface area contributed by atoms with Crippen molar-refractivity contribution in [3.05, 3.63) is 29.6 Å². The smallest absolute Gasteiger partial charge is 0.129 e. The van der Waals surface area contributed by atoms with Crippen molar-refractivity contribution in [3.8, 4) is 0 Å². The summed E-state index contributed by atoms with van der Waals surface area (Å²) in [5.41, 5.74) is 2.27. The van der Waals surface area contributed by atoms with E-state index in [1.165, 1.54) is 5.56 Å². The van der Waals surface area contributed by atoms with E-state index in [1.807, 2.05) is 19.2 Å². The summed E-state index contributed by atoms with van der Waals surface area (Å²) in [5.74, 6) is 0.378. The summed E-state index contributed by atoms with van der Waals surface area (Å²) < 4.78 is 18.8. The summed E-state index contributed by atoms with van der Waals surface area (Å²) in [4.78, 5) is 4.17. The standard InChI is InChI=1S/C12H14FNO/c1-7-4-8(2-3-14-7)9-5-12-10(13)6-11(9)15-12/h2-4,9-12H,5-6H2,1H3. The van der Waals surface area contributed by atoms with Gasteiger partial charge in [0.15, 0.2) is 0 Å². The molecular formula is C12H14FNO. The number of aromatic nitrogens is 1. The number of nitrogens with zero attached hydrogens (tertiary/aromatic N) is 1. The number of ether oxygens (including phenoxy) is 1. The Balaban J connectivity index is 1.86. The van der Waals surface area contributed by atoms with Crippen LogP contribution in [0.25, 0.3) is 0 Å². The first-order valence-electron chi connectivity index (χ1n) is 5.46. The largest absolute Gasteiger partial charge is 0.371 e. The third kappa shape index (κ3) is 1.46. The Kier molecular flexibility index (Phi) is 2.02. The van der Waals surface area contributed by atoms with Gasteiger partial charge in [0.05, 0.1) is 12.2 Å². The van der Waals surface area contributed by atoms with Crippen LogP contribution >= 0.6 is 0 Å². The Hall–Kier alpha value is -0.960. The molecule has 3 heteroatoms. The van der Waals surface area contributed by atoms with E-state index in [-0.39, 0.29) is 12.2 Å². The number of halogens is 1. The van der Waals surface area contributed by atoms with Crippen LogP contribution < -0.4 is 0 Å². The van der Waals surface area contributed by atoms with E-state index in [2.05, 4.69) is 11.1 Å². The Labute approximate surface area is 88.5 Å². The number of rotatable bonds is 1. The molecule has 0 amide bonds. The molecule has 80 valence electrons. The average Bonchev–Trinajstić information content (AvgIpc) is 2.76. The van der Waals surface area contributed by atoms with E-state index in [9.17, 15) is 4.39 Å². The molecule has 2 fully saturated rings. The highest BCUT2D eigenvalue weighted by molar-refractivity contribution is 5.24. The molecule has 15 heavy (non-hydrogen) atoms. The maximum Gasteiger partial charge on any atom is 0.129 e. The molecule has 0 spiro atoms. The summed E-state index contributed by atoms with van der Waals surface area (Å²) in [6, 6.07) is 4.11. The van der Waals surface area contributed by atoms with Crippen LogP contribution in [0.1, 0.15) is 30.0 Å². The van der Waals surface area contributed by atoms with Crippen molar-refractivity contribution in [3.63, 3.8) is 0 Å². The average molecular weight is 207 g/mol. The number of alkyl halides is 1. The third-order valence-electron chi connectivity index (χ3n) is 3.49. The van der Waals surface area contributed by atoms with Gasteiger partial charge in [0.25, 0.3) is 0 Å². The summed E-state index contributed by atoms with van der Waals surface area (Å²) in [6.45, 7) is 1.98. The molecule has 3 rings (SSSR count). The van der Waals surface area contributed by atoms with Crippen molar-refractivity contribution >= 4 is 0 Å². The molecule has 2 bridgehead atoms. The molecule has 4 unspecified atom stereocenters.